The van der Waals surface area contributed by atoms with Crippen LogP contribution in [-0.4, -0.2) is 17.4 Å². The number of amides is 1. The number of nitrogens with zero attached hydrogens (tertiary/aromatic N) is 1. The van der Waals surface area contributed by atoms with Gasteiger partial charge in [-0.05, 0) is 30.4 Å². The summed E-state index contributed by atoms with van der Waals surface area (Å²) in [5, 5.41) is 3.38. The van der Waals surface area contributed by atoms with Crippen LogP contribution in [0.3, 0.4) is 0 Å². The van der Waals surface area contributed by atoms with Crippen LogP contribution in [0.1, 0.15) is 67.9 Å². The summed E-state index contributed by atoms with van der Waals surface area (Å²) in [4.78, 5) is 16.4. The lowest BCUT2D eigenvalue weighted by atomic mass is 10.0. The number of nitrogens with one attached hydrogen (secondary N) is 1. The highest BCUT2D eigenvalue weighted by Crippen LogP contribution is 2.27. The van der Waals surface area contributed by atoms with Crippen molar-refractivity contribution in [3.8, 4) is 0 Å². The minimum Gasteiger partial charge on any atom is -0.352 e. The van der Waals surface area contributed by atoms with Crippen LogP contribution in [0.4, 0.5) is 0 Å². The highest BCUT2D eigenvalue weighted by molar-refractivity contribution is 6.29. The molecular formula is C16H23ClN2O. The van der Waals surface area contributed by atoms with E-state index in [1.54, 1.807) is 6.07 Å². The molecule has 1 aliphatic carbocycles. The van der Waals surface area contributed by atoms with Gasteiger partial charge in [-0.1, -0.05) is 51.1 Å². The zero-order chi connectivity index (χ0) is 14.5. The first-order valence-corrected chi connectivity index (χ1v) is 7.89. The van der Waals surface area contributed by atoms with E-state index < -0.39 is 0 Å². The van der Waals surface area contributed by atoms with Crippen molar-refractivity contribution in [2.75, 3.05) is 6.54 Å². The summed E-state index contributed by atoms with van der Waals surface area (Å²) in [5.41, 5.74) is 1.47. The number of aromatic nitrogens is 1. The number of carbonyl (C=O) groups is 1. The van der Waals surface area contributed by atoms with Crippen LogP contribution in [0.15, 0.2) is 12.1 Å². The van der Waals surface area contributed by atoms with Gasteiger partial charge in [-0.2, -0.15) is 0 Å². The molecule has 1 N–H and O–H groups in total. The fraction of sp³-hybridized carbons (Fsp3) is 0.625. The second-order valence-electron chi connectivity index (χ2n) is 5.95. The molecule has 0 bridgehead atoms. The molecule has 2 rings (SSSR count). The van der Waals surface area contributed by atoms with E-state index in [1.165, 1.54) is 25.7 Å². The lowest BCUT2D eigenvalue weighted by molar-refractivity contribution is 0.0951. The minimum absolute atomic E-state index is 0.0470. The summed E-state index contributed by atoms with van der Waals surface area (Å²) >= 11 is 5.98. The topological polar surface area (TPSA) is 42.0 Å². The fourth-order valence-electron chi connectivity index (χ4n) is 2.73. The first-order valence-electron chi connectivity index (χ1n) is 7.52. The van der Waals surface area contributed by atoms with Crippen LogP contribution in [0.25, 0.3) is 0 Å². The van der Waals surface area contributed by atoms with Gasteiger partial charge in [0.15, 0.2) is 0 Å². The molecule has 1 aromatic rings. The highest BCUT2D eigenvalue weighted by Gasteiger charge is 2.15. The van der Waals surface area contributed by atoms with E-state index in [-0.39, 0.29) is 11.8 Å². The Kier molecular flexibility index (Phi) is 5.41. The summed E-state index contributed by atoms with van der Waals surface area (Å²) in [6, 6.07) is 3.47. The van der Waals surface area contributed by atoms with Crippen LogP contribution in [0.5, 0.6) is 0 Å². The largest absolute Gasteiger partial charge is 0.352 e. The van der Waals surface area contributed by atoms with Crippen LogP contribution in [0, 0.1) is 5.92 Å². The average molecular weight is 295 g/mol. The standard InChI is InChI=1S/C16H23ClN2O/c1-11(2)14-9-13(10-15(17)19-14)16(20)18-8-7-12-5-3-4-6-12/h9-12H,3-8H2,1-2H3,(H,18,20). The number of rotatable bonds is 5. The molecule has 0 saturated heterocycles. The van der Waals surface area contributed by atoms with Crippen LogP contribution < -0.4 is 5.32 Å². The zero-order valence-corrected chi connectivity index (χ0v) is 13.0. The van der Waals surface area contributed by atoms with Crippen molar-refractivity contribution in [2.24, 2.45) is 5.92 Å². The first kappa shape index (κ1) is 15.3. The van der Waals surface area contributed by atoms with E-state index in [0.717, 1.165) is 24.6 Å². The zero-order valence-electron chi connectivity index (χ0n) is 12.3. The van der Waals surface area contributed by atoms with Crippen molar-refractivity contribution in [1.82, 2.24) is 10.3 Å². The van der Waals surface area contributed by atoms with Gasteiger partial charge in [-0.15, -0.1) is 0 Å². The van der Waals surface area contributed by atoms with Gasteiger partial charge in [0.05, 0.1) is 0 Å². The molecule has 20 heavy (non-hydrogen) atoms. The molecule has 0 spiro atoms. The SMILES string of the molecule is CC(C)c1cc(C(=O)NCCC2CCCC2)cc(Cl)n1. The van der Waals surface area contributed by atoms with Gasteiger partial charge in [0, 0.05) is 17.8 Å². The Morgan fingerprint density at radius 3 is 2.75 bits per heavy atom. The molecule has 1 saturated carbocycles. The van der Waals surface area contributed by atoms with Gasteiger partial charge in [-0.25, -0.2) is 4.98 Å². The highest BCUT2D eigenvalue weighted by atomic mass is 35.5. The lowest BCUT2D eigenvalue weighted by Crippen LogP contribution is -2.26. The Labute approximate surface area is 126 Å². The molecule has 0 aliphatic heterocycles. The molecule has 0 atom stereocenters. The van der Waals surface area contributed by atoms with Gasteiger partial charge >= 0.3 is 0 Å². The Hall–Kier alpha value is -1.09. The molecular weight excluding hydrogens is 272 g/mol. The summed E-state index contributed by atoms with van der Waals surface area (Å²) in [6.07, 6.45) is 6.40. The summed E-state index contributed by atoms with van der Waals surface area (Å²) in [6.45, 7) is 4.83. The Bertz CT molecular complexity index is 468. The summed E-state index contributed by atoms with van der Waals surface area (Å²) in [7, 11) is 0. The van der Waals surface area contributed by atoms with Crippen LogP contribution in [0.2, 0.25) is 5.15 Å². The van der Waals surface area contributed by atoms with E-state index in [4.69, 9.17) is 11.6 Å². The van der Waals surface area contributed by atoms with Crippen molar-refractivity contribution in [3.63, 3.8) is 0 Å². The smallest absolute Gasteiger partial charge is 0.251 e. The molecule has 0 aromatic carbocycles. The molecule has 4 heteroatoms. The number of hydrogen-bond donors (Lipinski definition) is 1. The molecule has 0 radical (unpaired) electrons. The lowest BCUT2D eigenvalue weighted by Gasteiger charge is -2.11. The maximum absolute atomic E-state index is 12.1. The number of carbonyl (C=O) groups excluding carboxylic acids is 1. The Balaban J connectivity index is 1.91. The third kappa shape index (κ3) is 4.20. The molecule has 1 amide bonds. The third-order valence-corrected chi connectivity index (χ3v) is 4.17. The summed E-state index contributed by atoms with van der Waals surface area (Å²) in [5.74, 6) is 1.01. The van der Waals surface area contributed by atoms with Gasteiger partial charge in [0.25, 0.3) is 5.91 Å². The molecule has 0 unspecified atom stereocenters. The van der Waals surface area contributed by atoms with Crippen LogP contribution >= 0.6 is 11.6 Å². The predicted octanol–water partition coefficient (Wildman–Crippen LogP) is 4.17. The third-order valence-electron chi connectivity index (χ3n) is 3.98. The monoisotopic (exact) mass is 294 g/mol. The second-order valence-corrected chi connectivity index (χ2v) is 6.34. The van der Waals surface area contributed by atoms with Crippen molar-refractivity contribution < 1.29 is 4.79 Å². The fourth-order valence-corrected chi connectivity index (χ4v) is 2.95. The molecule has 1 aliphatic rings. The van der Waals surface area contributed by atoms with Crippen molar-refractivity contribution >= 4 is 17.5 Å². The second kappa shape index (κ2) is 7.07. The van der Waals surface area contributed by atoms with Gasteiger partial charge in [-0.3, -0.25) is 4.79 Å². The quantitative estimate of drug-likeness (QED) is 0.828. The van der Waals surface area contributed by atoms with Crippen molar-refractivity contribution in [2.45, 2.75) is 51.9 Å². The predicted molar refractivity (Wildman–Crippen MR) is 82.2 cm³/mol. The van der Waals surface area contributed by atoms with Gasteiger partial charge in [0.2, 0.25) is 0 Å². The molecule has 1 fully saturated rings. The Morgan fingerprint density at radius 2 is 2.10 bits per heavy atom. The average Bonchev–Trinajstić information content (AvgIpc) is 2.91. The van der Waals surface area contributed by atoms with Crippen molar-refractivity contribution in [1.29, 1.82) is 0 Å². The summed E-state index contributed by atoms with van der Waals surface area (Å²) < 4.78 is 0. The number of halogens is 1. The number of hydrogen-bond acceptors (Lipinski definition) is 2. The van der Waals surface area contributed by atoms with E-state index in [9.17, 15) is 4.79 Å². The maximum atomic E-state index is 12.1. The van der Waals surface area contributed by atoms with E-state index in [1.807, 2.05) is 19.9 Å². The Morgan fingerprint density at radius 1 is 1.40 bits per heavy atom. The maximum Gasteiger partial charge on any atom is 0.251 e. The van der Waals surface area contributed by atoms with Gasteiger partial charge in [0.1, 0.15) is 5.15 Å². The first-order chi connectivity index (χ1) is 9.56. The molecule has 110 valence electrons. The van der Waals surface area contributed by atoms with Crippen molar-refractivity contribution in [3.05, 3.63) is 28.5 Å². The van der Waals surface area contributed by atoms with E-state index in [0.29, 0.717) is 10.7 Å². The van der Waals surface area contributed by atoms with Gasteiger partial charge < -0.3 is 5.32 Å². The minimum atomic E-state index is -0.0470. The molecule has 1 aromatic heterocycles. The van der Waals surface area contributed by atoms with Crippen LogP contribution in [-0.2, 0) is 0 Å². The van der Waals surface area contributed by atoms with E-state index >= 15 is 0 Å². The molecule has 1 heterocycles. The van der Waals surface area contributed by atoms with E-state index in [2.05, 4.69) is 10.3 Å². The molecule has 3 nitrogen and oxygen atoms in total. The number of pyridine rings is 1. The normalized spacial score (nSPS) is 15.8.